The Morgan fingerprint density at radius 2 is 1.73 bits per heavy atom. The van der Waals surface area contributed by atoms with Crippen LogP contribution in [0.25, 0.3) is 0 Å². The van der Waals surface area contributed by atoms with Crippen LogP contribution < -0.4 is 0 Å². The molecule has 0 aliphatic heterocycles. The molecule has 90 valence electrons. The largest absolute Gasteiger partial charge is 0.439 e. The molecule has 0 atom stereocenters. The first-order chi connectivity index (χ1) is 7.04. The van der Waals surface area contributed by atoms with Crippen molar-refractivity contribution < 1.29 is 27.9 Å². The normalized spacial score (nSPS) is 11.4. The molecule has 0 aromatic rings. The van der Waals surface area contributed by atoms with Gasteiger partial charge in [0.15, 0.2) is 13.1 Å². The van der Waals surface area contributed by atoms with Crippen LogP contribution >= 0.6 is 7.60 Å². The lowest BCUT2D eigenvalue weighted by atomic mass is 10.8. The third-order valence-corrected chi connectivity index (χ3v) is 3.05. The van der Waals surface area contributed by atoms with E-state index >= 15 is 0 Å². The molecule has 0 radical (unpaired) electrons. The summed E-state index contributed by atoms with van der Waals surface area (Å²) in [6.07, 6.45) is -0.220. The number of ether oxygens (including phenoxy) is 2. The molecule has 0 rings (SSSR count). The zero-order valence-corrected chi connectivity index (χ0v) is 10.1. The summed E-state index contributed by atoms with van der Waals surface area (Å²) in [6.45, 7) is 4.96. The van der Waals surface area contributed by atoms with Crippen molar-refractivity contribution in [3.8, 4) is 0 Å². The molecule has 0 unspecified atom stereocenters. The van der Waals surface area contributed by atoms with Gasteiger partial charge in [-0.3, -0.25) is 9.36 Å². The zero-order chi connectivity index (χ0) is 11.7. The number of carbonyl (C=O) groups excluding carboxylic acids is 1. The van der Waals surface area contributed by atoms with Crippen LogP contribution in [0.5, 0.6) is 0 Å². The van der Waals surface area contributed by atoms with E-state index in [4.69, 9.17) is 13.8 Å². The van der Waals surface area contributed by atoms with E-state index in [0.29, 0.717) is 0 Å². The molecule has 0 N–H and O–H groups in total. The van der Waals surface area contributed by atoms with Gasteiger partial charge in [-0.25, -0.2) is 0 Å². The highest BCUT2D eigenvalue weighted by Gasteiger charge is 2.23. The van der Waals surface area contributed by atoms with Gasteiger partial charge >= 0.3 is 13.6 Å². The second kappa shape index (κ2) is 7.82. The van der Waals surface area contributed by atoms with Gasteiger partial charge in [-0.15, -0.1) is 0 Å². The number of esters is 1. The van der Waals surface area contributed by atoms with Crippen LogP contribution in [0.4, 0.5) is 0 Å². The minimum absolute atomic E-state index is 0.220. The van der Waals surface area contributed by atoms with E-state index in [0.717, 1.165) is 0 Å². The lowest BCUT2D eigenvalue weighted by Crippen LogP contribution is -2.08. The Balaban J connectivity index is 3.85. The van der Waals surface area contributed by atoms with Crippen LogP contribution in [0, 0.1) is 0 Å². The van der Waals surface area contributed by atoms with E-state index in [2.05, 4.69) is 4.74 Å². The van der Waals surface area contributed by atoms with Crippen LogP contribution in [-0.4, -0.2) is 32.3 Å². The molecule has 0 heterocycles. The van der Waals surface area contributed by atoms with Crippen molar-refractivity contribution in [1.29, 1.82) is 0 Å². The van der Waals surface area contributed by atoms with Gasteiger partial charge in [0.1, 0.15) is 0 Å². The molecule has 0 aromatic carbocycles. The maximum atomic E-state index is 11.7. The van der Waals surface area contributed by atoms with Crippen molar-refractivity contribution in [2.24, 2.45) is 0 Å². The van der Waals surface area contributed by atoms with Gasteiger partial charge < -0.3 is 18.5 Å². The summed E-state index contributed by atoms with van der Waals surface area (Å²) in [5.74, 6) is -0.461. The number of hydrogen-bond acceptors (Lipinski definition) is 6. The smallest absolute Gasteiger partial charge is 0.356 e. The van der Waals surface area contributed by atoms with Gasteiger partial charge in [-0.1, -0.05) is 0 Å². The van der Waals surface area contributed by atoms with E-state index in [1.165, 1.54) is 6.92 Å². The Hall–Kier alpha value is -0.420. The van der Waals surface area contributed by atoms with Gasteiger partial charge in [-0.2, -0.15) is 0 Å². The molecular formula is C8H17O6P. The molecular weight excluding hydrogens is 223 g/mol. The molecule has 7 heteroatoms. The van der Waals surface area contributed by atoms with E-state index in [9.17, 15) is 9.36 Å². The molecule has 0 aromatic heterocycles. The summed E-state index contributed by atoms with van der Waals surface area (Å²) in [7, 11) is -3.19. The first-order valence-electron chi connectivity index (χ1n) is 4.63. The van der Waals surface area contributed by atoms with E-state index in [1.54, 1.807) is 13.8 Å². The van der Waals surface area contributed by atoms with E-state index in [1.807, 2.05) is 0 Å². The third-order valence-electron chi connectivity index (χ3n) is 1.25. The van der Waals surface area contributed by atoms with Crippen LogP contribution in [0.15, 0.2) is 0 Å². The Morgan fingerprint density at radius 1 is 1.20 bits per heavy atom. The van der Waals surface area contributed by atoms with Crippen LogP contribution in [0.1, 0.15) is 20.8 Å². The fraction of sp³-hybridized carbons (Fsp3) is 0.875. The molecule has 15 heavy (non-hydrogen) atoms. The van der Waals surface area contributed by atoms with Crippen molar-refractivity contribution in [3.63, 3.8) is 0 Å². The van der Waals surface area contributed by atoms with Crippen molar-refractivity contribution in [2.45, 2.75) is 20.8 Å². The molecule has 0 fully saturated rings. The summed E-state index contributed by atoms with van der Waals surface area (Å²) in [6, 6.07) is 0. The highest BCUT2D eigenvalue weighted by molar-refractivity contribution is 7.53. The molecule has 0 amide bonds. The maximum Gasteiger partial charge on any atom is 0.356 e. The van der Waals surface area contributed by atoms with E-state index in [-0.39, 0.29) is 26.4 Å². The second-order valence-corrected chi connectivity index (χ2v) is 4.53. The molecule has 6 nitrogen and oxygen atoms in total. The quantitative estimate of drug-likeness (QED) is 0.278. The Labute approximate surface area is 89.4 Å². The molecule has 0 bridgehead atoms. The lowest BCUT2D eigenvalue weighted by Gasteiger charge is -2.16. The first kappa shape index (κ1) is 14.6. The number of carbonyl (C=O) groups is 1. The molecule has 0 saturated heterocycles. The summed E-state index contributed by atoms with van der Waals surface area (Å²) in [5.41, 5.74) is 0. The monoisotopic (exact) mass is 240 g/mol. The maximum absolute atomic E-state index is 11.7. The zero-order valence-electron chi connectivity index (χ0n) is 9.23. The highest BCUT2D eigenvalue weighted by atomic mass is 31.2. The molecule has 0 aliphatic rings. The first-order valence-corrected chi connectivity index (χ1v) is 6.36. The number of hydrogen-bond donors (Lipinski definition) is 0. The average Bonchev–Trinajstić information content (AvgIpc) is 2.13. The summed E-state index contributed by atoms with van der Waals surface area (Å²) >= 11 is 0. The fourth-order valence-electron chi connectivity index (χ4n) is 0.779. The fourth-order valence-corrected chi connectivity index (χ4v) is 2.09. The van der Waals surface area contributed by atoms with Crippen LogP contribution in [0.3, 0.4) is 0 Å². The Morgan fingerprint density at radius 3 is 2.13 bits per heavy atom. The van der Waals surface area contributed by atoms with Crippen molar-refractivity contribution in [1.82, 2.24) is 0 Å². The van der Waals surface area contributed by atoms with Crippen molar-refractivity contribution in [2.75, 3.05) is 26.4 Å². The molecule has 0 spiro atoms. The highest BCUT2D eigenvalue weighted by Crippen LogP contribution is 2.47. The summed E-state index contributed by atoms with van der Waals surface area (Å²) in [4.78, 5) is 10.4. The summed E-state index contributed by atoms with van der Waals surface area (Å²) < 4.78 is 31.0. The minimum atomic E-state index is -3.19. The van der Waals surface area contributed by atoms with Gasteiger partial charge in [-0.05, 0) is 13.8 Å². The predicted molar refractivity (Wildman–Crippen MR) is 53.4 cm³/mol. The SMILES string of the molecule is CCOP(=O)(COCOC(C)=O)OCC. The minimum Gasteiger partial charge on any atom is -0.439 e. The van der Waals surface area contributed by atoms with Crippen molar-refractivity contribution >= 4 is 13.6 Å². The van der Waals surface area contributed by atoms with E-state index < -0.39 is 13.6 Å². The standard InChI is InChI=1S/C8H17O6P/c1-4-13-15(10,14-5-2)7-11-6-12-8(3)9/h4-7H2,1-3H3. The predicted octanol–water partition coefficient (Wildman–Crippen LogP) is 1.75. The molecule has 0 aliphatic carbocycles. The lowest BCUT2D eigenvalue weighted by molar-refractivity contribution is -0.152. The topological polar surface area (TPSA) is 71.1 Å². The van der Waals surface area contributed by atoms with Crippen molar-refractivity contribution in [3.05, 3.63) is 0 Å². The Bertz CT molecular complexity index is 219. The van der Waals surface area contributed by atoms with Gasteiger partial charge in [0, 0.05) is 6.92 Å². The van der Waals surface area contributed by atoms with Gasteiger partial charge in [0.05, 0.1) is 13.2 Å². The Kier molecular flexibility index (Phi) is 7.60. The third kappa shape index (κ3) is 7.50. The van der Waals surface area contributed by atoms with Gasteiger partial charge in [0.25, 0.3) is 0 Å². The second-order valence-electron chi connectivity index (χ2n) is 2.53. The number of rotatable bonds is 8. The van der Waals surface area contributed by atoms with Crippen LogP contribution in [-0.2, 0) is 27.9 Å². The molecule has 0 saturated carbocycles. The van der Waals surface area contributed by atoms with Gasteiger partial charge in [0.2, 0.25) is 0 Å². The summed E-state index contributed by atoms with van der Waals surface area (Å²) in [5, 5.41) is 0. The average molecular weight is 240 g/mol. The van der Waals surface area contributed by atoms with Crippen LogP contribution in [0.2, 0.25) is 0 Å².